The Balaban J connectivity index is 1.99. The molecule has 3 aromatic rings. The monoisotopic (exact) mass is 313 g/mol. The number of fused-ring (bicyclic) bond motifs is 2. The summed E-state index contributed by atoms with van der Waals surface area (Å²) in [5, 5.41) is 9.79. The molecule has 0 radical (unpaired) electrons. The zero-order chi connectivity index (χ0) is 16.5. The van der Waals surface area contributed by atoms with Crippen LogP contribution in [0.15, 0.2) is 60.8 Å². The minimum Gasteiger partial charge on any atom is -0.508 e. The van der Waals surface area contributed by atoms with Gasteiger partial charge in [-0.1, -0.05) is 36.4 Å². The lowest BCUT2D eigenvalue weighted by atomic mass is 9.91. The van der Waals surface area contributed by atoms with Crippen molar-refractivity contribution >= 4 is 11.6 Å². The highest BCUT2D eigenvalue weighted by atomic mass is 16.3. The highest BCUT2D eigenvalue weighted by Crippen LogP contribution is 2.35. The molecule has 0 fully saturated rings. The summed E-state index contributed by atoms with van der Waals surface area (Å²) in [5.41, 5.74) is 8.48. The van der Waals surface area contributed by atoms with Crippen LogP contribution in [0.5, 0.6) is 5.75 Å². The third kappa shape index (κ3) is 2.61. The lowest BCUT2D eigenvalue weighted by Gasteiger charge is -2.13. The van der Waals surface area contributed by atoms with Crippen molar-refractivity contribution in [2.45, 2.75) is 19.8 Å². The maximum atomic E-state index is 9.79. The Morgan fingerprint density at radius 1 is 0.958 bits per heavy atom. The first-order chi connectivity index (χ1) is 11.7. The molecular formula is C22H19NO. The second-order valence-corrected chi connectivity index (χ2v) is 6.25. The summed E-state index contributed by atoms with van der Waals surface area (Å²) in [4.78, 5) is 4.61. The minimum atomic E-state index is 0.286. The molecule has 118 valence electrons. The van der Waals surface area contributed by atoms with E-state index < -0.39 is 0 Å². The van der Waals surface area contributed by atoms with E-state index in [-0.39, 0.29) is 5.75 Å². The Hall–Kier alpha value is -2.87. The first-order valence-corrected chi connectivity index (χ1v) is 8.26. The first kappa shape index (κ1) is 14.7. The predicted octanol–water partition coefficient (Wildman–Crippen LogP) is 4.78. The molecule has 1 heterocycles. The molecule has 0 aliphatic heterocycles. The van der Waals surface area contributed by atoms with E-state index in [1.54, 1.807) is 12.1 Å². The first-order valence-electron chi connectivity index (χ1n) is 8.26. The second-order valence-electron chi connectivity index (χ2n) is 6.25. The van der Waals surface area contributed by atoms with Crippen LogP contribution < -0.4 is 0 Å². The van der Waals surface area contributed by atoms with Crippen molar-refractivity contribution in [3.8, 4) is 5.75 Å². The minimum absolute atomic E-state index is 0.286. The van der Waals surface area contributed by atoms with Gasteiger partial charge in [-0.15, -0.1) is 0 Å². The van der Waals surface area contributed by atoms with Crippen LogP contribution in [0.25, 0.3) is 11.6 Å². The van der Waals surface area contributed by atoms with Gasteiger partial charge in [0.25, 0.3) is 0 Å². The van der Waals surface area contributed by atoms with E-state index in [1.807, 2.05) is 24.4 Å². The molecule has 1 N–H and O–H groups in total. The highest BCUT2D eigenvalue weighted by Gasteiger charge is 2.19. The lowest BCUT2D eigenvalue weighted by Crippen LogP contribution is -1.95. The summed E-state index contributed by atoms with van der Waals surface area (Å²) in [6, 6.07) is 18.0. The Morgan fingerprint density at radius 3 is 2.67 bits per heavy atom. The van der Waals surface area contributed by atoms with Crippen LogP contribution >= 0.6 is 0 Å². The summed E-state index contributed by atoms with van der Waals surface area (Å²) in [7, 11) is 0. The Morgan fingerprint density at radius 2 is 1.79 bits per heavy atom. The summed E-state index contributed by atoms with van der Waals surface area (Å²) in [6.45, 7) is 2.17. The van der Waals surface area contributed by atoms with E-state index in [0.29, 0.717) is 0 Å². The van der Waals surface area contributed by atoms with Crippen LogP contribution in [0.4, 0.5) is 0 Å². The van der Waals surface area contributed by atoms with Crippen LogP contribution in [-0.4, -0.2) is 10.1 Å². The number of aryl methyl sites for hydroxylation is 2. The van der Waals surface area contributed by atoms with Gasteiger partial charge in [-0.05, 0) is 71.9 Å². The highest BCUT2D eigenvalue weighted by molar-refractivity contribution is 5.94. The molecule has 0 unspecified atom stereocenters. The van der Waals surface area contributed by atoms with Crippen LogP contribution in [0.3, 0.4) is 0 Å². The molecule has 0 atom stereocenters. The molecule has 2 heteroatoms. The topological polar surface area (TPSA) is 33.1 Å². The quantitative estimate of drug-likeness (QED) is 0.701. The largest absolute Gasteiger partial charge is 0.508 e. The molecule has 0 saturated carbocycles. The molecule has 2 aromatic carbocycles. The maximum Gasteiger partial charge on any atom is 0.116 e. The Labute approximate surface area is 142 Å². The smallest absolute Gasteiger partial charge is 0.116 e. The Kier molecular flexibility index (Phi) is 3.66. The van der Waals surface area contributed by atoms with Gasteiger partial charge in [-0.2, -0.15) is 0 Å². The number of hydrogen-bond acceptors (Lipinski definition) is 2. The summed E-state index contributed by atoms with van der Waals surface area (Å²) in [6.07, 6.45) is 5.98. The number of rotatable bonds is 1. The lowest BCUT2D eigenvalue weighted by molar-refractivity contribution is 0.475. The van der Waals surface area contributed by atoms with Gasteiger partial charge in [0.2, 0.25) is 0 Å². The van der Waals surface area contributed by atoms with Gasteiger partial charge in [-0.25, -0.2) is 0 Å². The van der Waals surface area contributed by atoms with E-state index in [2.05, 4.69) is 42.2 Å². The molecular weight excluding hydrogens is 294 g/mol. The van der Waals surface area contributed by atoms with E-state index >= 15 is 0 Å². The normalized spacial score (nSPS) is 14.8. The Bertz CT molecular complexity index is 940. The van der Waals surface area contributed by atoms with Crippen molar-refractivity contribution in [2.75, 3.05) is 0 Å². The van der Waals surface area contributed by atoms with Crippen LogP contribution in [-0.2, 0) is 12.8 Å². The third-order valence-corrected chi connectivity index (χ3v) is 4.67. The standard InChI is InChI=1S/C22H19NO/c1-15-5-2-8-19-18(15)10-11-22-20(9-4-12-23-22)21(19)14-16-6-3-7-17(24)13-16/h2-9,12-14,24H,10-11H2,1H3/b21-14-. The summed E-state index contributed by atoms with van der Waals surface area (Å²) < 4.78 is 0. The fourth-order valence-corrected chi connectivity index (χ4v) is 3.49. The molecule has 24 heavy (non-hydrogen) atoms. The van der Waals surface area contributed by atoms with Gasteiger partial charge >= 0.3 is 0 Å². The van der Waals surface area contributed by atoms with Gasteiger partial charge in [0.15, 0.2) is 0 Å². The number of hydrogen-bond donors (Lipinski definition) is 1. The fourth-order valence-electron chi connectivity index (χ4n) is 3.49. The number of aromatic nitrogens is 1. The number of phenols is 1. The second kappa shape index (κ2) is 5.97. The van der Waals surface area contributed by atoms with E-state index in [1.165, 1.54) is 27.8 Å². The third-order valence-electron chi connectivity index (χ3n) is 4.67. The van der Waals surface area contributed by atoms with Gasteiger partial charge in [0, 0.05) is 17.5 Å². The molecule has 1 aliphatic carbocycles. The fraction of sp³-hybridized carbons (Fsp3) is 0.136. The molecule has 0 spiro atoms. The number of aromatic hydroxyl groups is 1. The molecule has 0 saturated heterocycles. The van der Waals surface area contributed by atoms with Crippen molar-refractivity contribution in [2.24, 2.45) is 0 Å². The van der Waals surface area contributed by atoms with E-state index in [9.17, 15) is 5.11 Å². The SMILES string of the molecule is Cc1cccc2c1CCc1ncccc1/C2=C\c1cccc(O)c1. The van der Waals surface area contributed by atoms with Gasteiger partial charge in [0.1, 0.15) is 5.75 Å². The zero-order valence-corrected chi connectivity index (χ0v) is 13.7. The zero-order valence-electron chi connectivity index (χ0n) is 13.7. The molecule has 0 amide bonds. The predicted molar refractivity (Wildman–Crippen MR) is 97.9 cm³/mol. The van der Waals surface area contributed by atoms with Gasteiger partial charge in [0.05, 0.1) is 0 Å². The van der Waals surface area contributed by atoms with Crippen molar-refractivity contribution in [3.63, 3.8) is 0 Å². The molecule has 4 rings (SSSR count). The van der Waals surface area contributed by atoms with Crippen molar-refractivity contribution in [1.82, 2.24) is 4.98 Å². The number of nitrogens with zero attached hydrogens (tertiary/aromatic N) is 1. The summed E-state index contributed by atoms with van der Waals surface area (Å²) >= 11 is 0. The number of benzene rings is 2. The average Bonchev–Trinajstić information content (AvgIpc) is 2.74. The van der Waals surface area contributed by atoms with Crippen LogP contribution in [0.1, 0.15) is 33.5 Å². The molecule has 0 bridgehead atoms. The van der Waals surface area contributed by atoms with Gasteiger partial charge < -0.3 is 5.11 Å². The molecule has 1 aliphatic rings. The maximum absolute atomic E-state index is 9.79. The average molecular weight is 313 g/mol. The van der Waals surface area contributed by atoms with Crippen molar-refractivity contribution < 1.29 is 5.11 Å². The van der Waals surface area contributed by atoms with Crippen molar-refractivity contribution in [1.29, 1.82) is 0 Å². The van der Waals surface area contributed by atoms with E-state index in [0.717, 1.165) is 24.1 Å². The number of phenolic OH excluding ortho intramolecular Hbond substituents is 1. The van der Waals surface area contributed by atoms with Crippen molar-refractivity contribution in [3.05, 3.63) is 94.3 Å². The van der Waals surface area contributed by atoms with Crippen LogP contribution in [0, 0.1) is 6.92 Å². The summed E-state index contributed by atoms with van der Waals surface area (Å²) in [5.74, 6) is 0.286. The molecule has 2 nitrogen and oxygen atoms in total. The molecule has 1 aromatic heterocycles. The number of pyridine rings is 1. The van der Waals surface area contributed by atoms with E-state index in [4.69, 9.17) is 0 Å². The van der Waals surface area contributed by atoms with Gasteiger partial charge in [-0.3, -0.25) is 4.98 Å². The van der Waals surface area contributed by atoms with Crippen LogP contribution in [0.2, 0.25) is 0 Å².